The molecule has 0 aliphatic heterocycles. The Hall–Kier alpha value is -6.64. The molecule has 1 atom stereocenters. The Labute approximate surface area is 347 Å². The minimum Gasteiger partial charge on any atom is -0.508 e. The zero-order valence-corrected chi connectivity index (χ0v) is 34.0. The molecule has 0 aliphatic carbocycles. The summed E-state index contributed by atoms with van der Waals surface area (Å²) >= 11 is 12.0. The molecule has 0 saturated heterocycles. The van der Waals surface area contributed by atoms with Gasteiger partial charge in [-0.25, -0.2) is 4.79 Å². The van der Waals surface area contributed by atoms with E-state index < -0.39 is 35.3 Å². The van der Waals surface area contributed by atoms with Gasteiger partial charge in [0.1, 0.15) is 23.1 Å². The molecule has 0 fully saturated rings. The number of carboxylic acid groups (broad SMARTS) is 2. The Bertz CT molecular complexity index is 2680. The van der Waals surface area contributed by atoms with Crippen molar-refractivity contribution in [2.24, 2.45) is 0 Å². The molecule has 6 N–H and O–H groups in total. The fourth-order valence-corrected chi connectivity index (χ4v) is 6.92. The predicted octanol–water partition coefficient (Wildman–Crippen LogP) is 6.65. The van der Waals surface area contributed by atoms with Gasteiger partial charge < -0.3 is 31.1 Å². The molecule has 306 valence electrons. The third kappa shape index (κ3) is 9.57. The summed E-state index contributed by atoms with van der Waals surface area (Å²) in [5, 5.41) is 44.9. The summed E-state index contributed by atoms with van der Waals surface area (Å²) < 4.78 is 2.93. The smallest absolute Gasteiger partial charge is 0.328 e. The second-order valence-corrected chi connectivity index (χ2v) is 15.2. The topological polar surface area (TPSA) is 217 Å². The van der Waals surface area contributed by atoms with Crippen molar-refractivity contribution in [1.29, 1.82) is 0 Å². The fraction of sp³-hybridized carbons (Fsp3) is 0.209. The van der Waals surface area contributed by atoms with Crippen molar-refractivity contribution in [3.63, 3.8) is 0 Å². The highest BCUT2D eigenvalue weighted by Gasteiger charge is 2.30. The molecule has 0 spiro atoms. The normalized spacial score (nSPS) is 11.7. The summed E-state index contributed by atoms with van der Waals surface area (Å²) in [4.78, 5) is 73.5. The lowest BCUT2D eigenvalue weighted by Crippen LogP contribution is -2.50. The molecule has 6 rings (SSSR count). The van der Waals surface area contributed by atoms with Gasteiger partial charge in [0.25, 0.3) is 11.8 Å². The van der Waals surface area contributed by atoms with E-state index in [1.807, 2.05) is 0 Å². The number of rotatable bonds is 10. The number of nitrogens with zero attached hydrogens (tertiary/aromatic N) is 2. The molecule has 2 aromatic heterocycles. The van der Waals surface area contributed by atoms with Gasteiger partial charge in [-0.2, -0.15) is 0 Å². The lowest BCUT2D eigenvalue weighted by Gasteiger charge is -2.21. The van der Waals surface area contributed by atoms with Crippen LogP contribution in [0.3, 0.4) is 0 Å². The summed E-state index contributed by atoms with van der Waals surface area (Å²) in [6, 6.07) is 21.1. The fourth-order valence-electron chi connectivity index (χ4n) is 6.54. The molecule has 0 aliphatic rings. The van der Waals surface area contributed by atoms with Crippen LogP contribution in [0.15, 0.2) is 84.9 Å². The molecule has 2 amide bonds. The van der Waals surface area contributed by atoms with Crippen LogP contribution in [0.1, 0.15) is 64.0 Å². The van der Waals surface area contributed by atoms with Gasteiger partial charge in [-0.15, -0.1) is 0 Å². The van der Waals surface area contributed by atoms with Gasteiger partial charge in [-0.1, -0.05) is 35.3 Å². The molecular weight excluding hydrogens is 803 g/mol. The summed E-state index contributed by atoms with van der Waals surface area (Å²) in [6.07, 6.45) is -0.294. The van der Waals surface area contributed by atoms with E-state index in [4.69, 9.17) is 28.3 Å². The number of halogens is 2. The van der Waals surface area contributed by atoms with E-state index >= 15 is 0 Å². The Morgan fingerprint density at radius 1 is 0.661 bits per heavy atom. The van der Waals surface area contributed by atoms with Crippen molar-refractivity contribution in [1.82, 2.24) is 19.8 Å². The number of nitrogens with one attached hydrogen (secondary N) is 2. The number of phenols is 2. The first kappa shape index (κ1) is 43.5. The van der Waals surface area contributed by atoms with E-state index in [1.165, 1.54) is 54.2 Å². The zero-order valence-electron chi connectivity index (χ0n) is 32.5. The van der Waals surface area contributed by atoms with Gasteiger partial charge in [0.05, 0.1) is 23.9 Å². The number of carbonyl (C=O) groups excluding carboxylic acids is 4. The molecule has 0 radical (unpaired) electrons. The second-order valence-electron chi connectivity index (χ2n) is 14.3. The Kier molecular flexibility index (Phi) is 12.9. The van der Waals surface area contributed by atoms with Crippen LogP contribution in [-0.2, 0) is 32.0 Å². The van der Waals surface area contributed by atoms with Crippen molar-refractivity contribution in [2.75, 3.05) is 0 Å². The minimum atomic E-state index is -1.44. The maximum absolute atomic E-state index is 13.2. The van der Waals surface area contributed by atoms with E-state index in [1.54, 1.807) is 74.5 Å². The van der Waals surface area contributed by atoms with E-state index in [0.29, 0.717) is 65.5 Å². The van der Waals surface area contributed by atoms with Gasteiger partial charge in [-0.05, 0) is 119 Å². The number of carboxylic acids is 2. The number of hydrogen-bond donors (Lipinski definition) is 6. The molecule has 1 unspecified atom stereocenters. The molecule has 16 heteroatoms. The Morgan fingerprint density at radius 3 is 1.47 bits per heavy atom. The van der Waals surface area contributed by atoms with Gasteiger partial charge in [0.15, 0.2) is 0 Å². The highest BCUT2D eigenvalue weighted by molar-refractivity contribution is 6.31. The SMILES string of the molecule is Cc1c(CC(=O)NC(C)(C)C(=O)O)c2cc(O)ccc2n1C(=O)c1cccc(Cl)c1.Cc1c(CC(=O)NC(C)C(=O)O)c2cc(O)ccc2n1C(=O)c1cccc(Cl)c1. The average Bonchev–Trinajstić information content (AvgIpc) is 3.58. The van der Waals surface area contributed by atoms with Crippen molar-refractivity contribution >= 4 is 80.6 Å². The van der Waals surface area contributed by atoms with E-state index in [9.17, 15) is 44.1 Å². The van der Waals surface area contributed by atoms with Gasteiger partial charge in [0.2, 0.25) is 11.8 Å². The third-order valence-corrected chi connectivity index (χ3v) is 10.1. The molecule has 0 saturated carbocycles. The quantitative estimate of drug-likeness (QED) is 0.0863. The first-order valence-corrected chi connectivity index (χ1v) is 18.8. The van der Waals surface area contributed by atoms with Gasteiger partial charge >= 0.3 is 11.9 Å². The number of phenolic OH excluding ortho intramolecular Hbond substituents is 2. The van der Waals surface area contributed by atoms with Crippen LogP contribution in [0.25, 0.3) is 21.8 Å². The number of benzene rings is 4. The van der Waals surface area contributed by atoms with Crippen LogP contribution in [0.4, 0.5) is 0 Å². The van der Waals surface area contributed by atoms with Crippen LogP contribution >= 0.6 is 23.2 Å². The first-order valence-electron chi connectivity index (χ1n) is 18.0. The van der Waals surface area contributed by atoms with Crippen molar-refractivity contribution < 1.29 is 49.2 Å². The molecule has 2 heterocycles. The highest BCUT2D eigenvalue weighted by Crippen LogP contribution is 2.32. The third-order valence-electron chi connectivity index (χ3n) is 9.60. The van der Waals surface area contributed by atoms with Crippen LogP contribution < -0.4 is 10.6 Å². The summed E-state index contributed by atoms with van der Waals surface area (Å²) in [5.74, 6) is -4.00. The summed E-state index contributed by atoms with van der Waals surface area (Å²) in [7, 11) is 0. The van der Waals surface area contributed by atoms with Crippen LogP contribution in [0, 0.1) is 13.8 Å². The number of hydrogen-bond acceptors (Lipinski definition) is 8. The lowest BCUT2D eigenvalue weighted by molar-refractivity contribution is -0.145. The predicted molar refractivity (Wildman–Crippen MR) is 222 cm³/mol. The van der Waals surface area contributed by atoms with Crippen LogP contribution in [0.2, 0.25) is 10.0 Å². The largest absolute Gasteiger partial charge is 0.508 e. The maximum atomic E-state index is 13.2. The zero-order chi connectivity index (χ0) is 43.5. The van der Waals surface area contributed by atoms with E-state index in [-0.39, 0.29) is 36.2 Å². The van der Waals surface area contributed by atoms with Crippen LogP contribution in [-0.4, -0.2) is 76.7 Å². The standard InChI is InChI=1S/C22H21ClN2O5.C21H19ClN2O5/c1-12-16(11-19(27)24-22(2,3)21(29)30)17-10-15(26)7-8-18(17)25(12)20(28)13-5-4-6-14(23)9-13;1-11(21(28)29)23-19(26)10-16-12(2)24(18-7-6-15(25)9-17(16)18)20(27)13-4-3-5-14(22)8-13/h4-10,26H,11H2,1-3H3,(H,24,27)(H,29,30);3-9,11,25H,10H2,1-2H3,(H,23,26)(H,28,29). The first-order chi connectivity index (χ1) is 27.7. The molecule has 0 bridgehead atoms. The maximum Gasteiger partial charge on any atom is 0.328 e. The molecule has 14 nitrogen and oxygen atoms in total. The molecular formula is C43H40Cl2N4O10. The summed E-state index contributed by atoms with van der Waals surface area (Å²) in [5.41, 5.74) is 2.45. The number of aromatic nitrogens is 2. The monoisotopic (exact) mass is 842 g/mol. The Morgan fingerprint density at radius 2 is 1.08 bits per heavy atom. The van der Waals surface area contributed by atoms with E-state index in [2.05, 4.69) is 10.6 Å². The van der Waals surface area contributed by atoms with E-state index in [0.717, 1.165) is 0 Å². The van der Waals surface area contributed by atoms with Crippen LogP contribution in [0.5, 0.6) is 11.5 Å². The van der Waals surface area contributed by atoms with Gasteiger partial charge in [-0.3, -0.25) is 33.1 Å². The molecule has 6 aromatic rings. The average molecular weight is 844 g/mol. The molecule has 4 aromatic carbocycles. The summed E-state index contributed by atoms with van der Waals surface area (Å²) in [6.45, 7) is 7.54. The number of amides is 2. The number of fused-ring (bicyclic) bond motifs is 2. The van der Waals surface area contributed by atoms with Crippen molar-refractivity contribution in [2.45, 2.75) is 59.0 Å². The van der Waals surface area contributed by atoms with Crippen molar-refractivity contribution in [3.05, 3.63) is 129 Å². The number of aromatic hydroxyl groups is 2. The molecule has 59 heavy (non-hydrogen) atoms. The number of carbonyl (C=O) groups is 6. The van der Waals surface area contributed by atoms with Crippen molar-refractivity contribution in [3.8, 4) is 11.5 Å². The Balaban J connectivity index is 0.000000224. The lowest BCUT2D eigenvalue weighted by atomic mass is 10.0. The minimum absolute atomic E-state index is 0.00887. The second kappa shape index (κ2) is 17.5. The van der Waals surface area contributed by atoms with Gasteiger partial charge in [0, 0.05) is 43.3 Å². The number of aliphatic carboxylic acids is 2. The highest BCUT2D eigenvalue weighted by atomic mass is 35.5.